The Morgan fingerprint density at radius 1 is 1.14 bits per heavy atom. The summed E-state index contributed by atoms with van der Waals surface area (Å²) in [6, 6.07) is 7.15. The maximum atomic E-state index is 11.5. The Labute approximate surface area is 125 Å². The standard InChI is InChI=1S/C16H23NO4/c1-16(2,3)21-14(18)9-10-17-11-12-5-7-13(8-6-12)15(19)20-4/h5-8,17H,9-11H2,1-4H3. The molecule has 0 aliphatic heterocycles. The van der Waals surface area contributed by atoms with E-state index in [1.165, 1.54) is 7.11 Å². The Kier molecular flexibility index (Phi) is 6.37. The fourth-order valence-corrected chi connectivity index (χ4v) is 1.69. The van der Waals surface area contributed by atoms with Crippen molar-refractivity contribution < 1.29 is 19.1 Å². The van der Waals surface area contributed by atoms with Crippen molar-refractivity contribution in [3.05, 3.63) is 35.4 Å². The van der Waals surface area contributed by atoms with Crippen molar-refractivity contribution in [2.45, 2.75) is 39.3 Å². The molecule has 0 unspecified atom stereocenters. The molecule has 0 heterocycles. The lowest BCUT2D eigenvalue weighted by atomic mass is 10.1. The van der Waals surface area contributed by atoms with Crippen molar-refractivity contribution in [3.8, 4) is 0 Å². The van der Waals surface area contributed by atoms with Crippen LogP contribution in [0.5, 0.6) is 0 Å². The first-order valence-corrected chi connectivity index (χ1v) is 6.91. The summed E-state index contributed by atoms with van der Waals surface area (Å²) < 4.78 is 9.85. The smallest absolute Gasteiger partial charge is 0.337 e. The minimum absolute atomic E-state index is 0.212. The zero-order valence-corrected chi connectivity index (χ0v) is 13.1. The summed E-state index contributed by atoms with van der Waals surface area (Å²) in [5.41, 5.74) is 1.11. The van der Waals surface area contributed by atoms with Crippen molar-refractivity contribution in [2.75, 3.05) is 13.7 Å². The number of benzene rings is 1. The van der Waals surface area contributed by atoms with Crippen LogP contribution in [-0.4, -0.2) is 31.2 Å². The summed E-state index contributed by atoms with van der Waals surface area (Å²) in [6.07, 6.45) is 0.331. The molecule has 0 atom stereocenters. The number of ether oxygens (including phenoxy) is 2. The first kappa shape index (κ1) is 17.2. The summed E-state index contributed by atoms with van der Waals surface area (Å²) in [5.74, 6) is -0.560. The molecule has 0 radical (unpaired) electrons. The van der Waals surface area contributed by atoms with Gasteiger partial charge in [-0.2, -0.15) is 0 Å². The number of hydrogen-bond acceptors (Lipinski definition) is 5. The van der Waals surface area contributed by atoms with E-state index >= 15 is 0 Å². The lowest BCUT2D eigenvalue weighted by molar-refractivity contribution is -0.154. The highest BCUT2D eigenvalue weighted by Crippen LogP contribution is 2.08. The summed E-state index contributed by atoms with van der Waals surface area (Å²) in [6.45, 7) is 6.72. The monoisotopic (exact) mass is 293 g/mol. The van der Waals surface area contributed by atoms with E-state index in [4.69, 9.17) is 4.74 Å². The summed E-state index contributed by atoms with van der Waals surface area (Å²) in [4.78, 5) is 22.8. The Bertz CT molecular complexity index is 474. The second kappa shape index (κ2) is 7.78. The van der Waals surface area contributed by atoms with E-state index < -0.39 is 5.60 Å². The van der Waals surface area contributed by atoms with E-state index in [1.54, 1.807) is 12.1 Å². The molecule has 1 N–H and O–H groups in total. The van der Waals surface area contributed by atoms with Crippen LogP contribution in [0.25, 0.3) is 0 Å². The molecule has 21 heavy (non-hydrogen) atoms. The average Bonchev–Trinajstić information content (AvgIpc) is 2.41. The molecule has 0 aliphatic rings. The SMILES string of the molecule is COC(=O)c1ccc(CNCCC(=O)OC(C)(C)C)cc1. The van der Waals surface area contributed by atoms with Gasteiger partial charge in [0.2, 0.25) is 0 Å². The Hall–Kier alpha value is -1.88. The zero-order valence-electron chi connectivity index (χ0n) is 13.1. The predicted molar refractivity (Wildman–Crippen MR) is 80.0 cm³/mol. The molecule has 0 spiro atoms. The van der Waals surface area contributed by atoms with Gasteiger partial charge >= 0.3 is 11.9 Å². The molecular weight excluding hydrogens is 270 g/mol. The molecule has 1 aromatic carbocycles. The quantitative estimate of drug-likeness (QED) is 0.644. The van der Waals surface area contributed by atoms with Crippen molar-refractivity contribution >= 4 is 11.9 Å². The highest BCUT2D eigenvalue weighted by Gasteiger charge is 2.15. The van der Waals surface area contributed by atoms with Gasteiger partial charge in [-0.05, 0) is 38.5 Å². The van der Waals surface area contributed by atoms with E-state index in [0.717, 1.165) is 5.56 Å². The molecule has 0 aliphatic carbocycles. The highest BCUT2D eigenvalue weighted by atomic mass is 16.6. The molecule has 0 fully saturated rings. The maximum absolute atomic E-state index is 11.5. The Morgan fingerprint density at radius 3 is 2.29 bits per heavy atom. The van der Waals surface area contributed by atoms with Gasteiger partial charge in [-0.15, -0.1) is 0 Å². The number of carbonyl (C=O) groups excluding carboxylic acids is 2. The molecular formula is C16H23NO4. The molecule has 5 heteroatoms. The van der Waals surface area contributed by atoms with Gasteiger partial charge in [-0.1, -0.05) is 12.1 Å². The van der Waals surface area contributed by atoms with Crippen LogP contribution in [0.15, 0.2) is 24.3 Å². The van der Waals surface area contributed by atoms with Gasteiger partial charge in [-0.3, -0.25) is 4.79 Å². The fourth-order valence-electron chi connectivity index (χ4n) is 1.69. The number of esters is 2. The van der Waals surface area contributed by atoms with Gasteiger partial charge in [0.05, 0.1) is 19.1 Å². The number of rotatable bonds is 6. The third-order valence-corrected chi connectivity index (χ3v) is 2.63. The van der Waals surface area contributed by atoms with Gasteiger partial charge in [0.1, 0.15) is 5.60 Å². The molecule has 5 nitrogen and oxygen atoms in total. The molecule has 0 aromatic heterocycles. The Balaban J connectivity index is 2.30. The minimum atomic E-state index is -0.444. The van der Waals surface area contributed by atoms with Crippen LogP contribution in [0, 0.1) is 0 Å². The maximum Gasteiger partial charge on any atom is 0.337 e. The number of carbonyl (C=O) groups is 2. The minimum Gasteiger partial charge on any atom is -0.465 e. The van der Waals surface area contributed by atoms with Crippen molar-refractivity contribution in [1.29, 1.82) is 0 Å². The van der Waals surface area contributed by atoms with Crippen LogP contribution >= 0.6 is 0 Å². The van der Waals surface area contributed by atoms with E-state index in [-0.39, 0.29) is 11.9 Å². The Morgan fingerprint density at radius 2 is 1.76 bits per heavy atom. The van der Waals surface area contributed by atoms with Crippen molar-refractivity contribution in [3.63, 3.8) is 0 Å². The summed E-state index contributed by atoms with van der Waals surface area (Å²) in [5, 5.41) is 3.16. The molecule has 0 saturated heterocycles. The predicted octanol–water partition coefficient (Wildman–Crippen LogP) is 2.29. The number of methoxy groups -OCH3 is 1. The number of nitrogens with one attached hydrogen (secondary N) is 1. The van der Waals surface area contributed by atoms with Crippen LogP contribution in [0.1, 0.15) is 43.1 Å². The van der Waals surface area contributed by atoms with Gasteiger partial charge in [0.25, 0.3) is 0 Å². The highest BCUT2D eigenvalue weighted by molar-refractivity contribution is 5.89. The van der Waals surface area contributed by atoms with Crippen molar-refractivity contribution in [1.82, 2.24) is 5.32 Å². The second-order valence-electron chi connectivity index (χ2n) is 5.70. The zero-order chi connectivity index (χ0) is 15.9. The van der Waals surface area contributed by atoms with Gasteiger partial charge in [0.15, 0.2) is 0 Å². The van der Waals surface area contributed by atoms with Crippen molar-refractivity contribution in [2.24, 2.45) is 0 Å². The van der Waals surface area contributed by atoms with E-state index in [9.17, 15) is 9.59 Å². The van der Waals surface area contributed by atoms with Gasteiger partial charge < -0.3 is 14.8 Å². The molecule has 1 rings (SSSR count). The van der Waals surface area contributed by atoms with Gasteiger partial charge in [-0.25, -0.2) is 4.79 Å². The first-order valence-electron chi connectivity index (χ1n) is 6.91. The summed E-state index contributed by atoms with van der Waals surface area (Å²) in [7, 11) is 1.36. The van der Waals surface area contributed by atoms with Gasteiger partial charge in [0, 0.05) is 13.1 Å². The lowest BCUT2D eigenvalue weighted by Crippen LogP contribution is -2.26. The first-order chi connectivity index (χ1) is 9.81. The van der Waals surface area contributed by atoms with Crippen LogP contribution in [0.4, 0.5) is 0 Å². The third-order valence-electron chi connectivity index (χ3n) is 2.63. The fraction of sp³-hybridized carbons (Fsp3) is 0.500. The van der Waals surface area contributed by atoms with Crippen LogP contribution in [0.2, 0.25) is 0 Å². The normalized spacial score (nSPS) is 11.0. The van der Waals surface area contributed by atoms with Crippen LogP contribution in [-0.2, 0) is 20.8 Å². The third kappa shape index (κ3) is 6.90. The van der Waals surface area contributed by atoms with Crippen LogP contribution < -0.4 is 5.32 Å². The van der Waals surface area contributed by atoms with E-state index in [0.29, 0.717) is 25.1 Å². The summed E-state index contributed by atoms with van der Waals surface area (Å²) >= 11 is 0. The molecule has 116 valence electrons. The van der Waals surface area contributed by atoms with E-state index in [1.807, 2.05) is 32.9 Å². The van der Waals surface area contributed by atoms with Crippen LogP contribution in [0.3, 0.4) is 0 Å². The lowest BCUT2D eigenvalue weighted by Gasteiger charge is -2.19. The molecule has 0 amide bonds. The second-order valence-corrected chi connectivity index (χ2v) is 5.70. The molecule has 1 aromatic rings. The molecule has 0 saturated carbocycles. The molecule has 0 bridgehead atoms. The van der Waals surface area contributed by atoms with E-state index in [2.05, 4.69) is 10.1 Å². The largest absolute Gasteiger partial charge is 0.465 e. The average molecular weight is 293 g/mol. The number of hydrogen-bond donors (Lipinski definition) is 1. The topological polar surface area (TPSA) is 64.6 Å².